The fraction of sp³-hybridized carbons (Fsp3) is 0.348. The lowest BCUT2D eigenvalue weighted by atomic mass is 10.2. The highest BCUT2D eigenvalue weighted by Gasteiger charge is 2.24. The van der Waals surface area contributed by atoms with Gasteiger partial charge in [0.1, 0.15) is 5.75 Å². The zero-order chi connectivity index (χ0) is 23.2. The molecule has 1 saturated heterocycles. The fourth-order valence-corrected chi connectivity index (χ4v) is 4.05. The Morgan fingerprint density at radius 2 is 1.73 bits per heavy atom. The van der Waals surface area contributed by atoms with Gasteiger partial charge in [0.25, 0.3) is 0 Å². The quantitative estimate of drug-likeness (QED) is 0.537. The molecule has 4 rings (SSSR count). The first kappa shape index (κ1) is 22.7. The Morgan fingerprint density at radius 1 is 1.03 bits per heavy atom. The second kappa shape index (κ2) is 10.4. The van der Waals surface area contributed by atoms with Gasteiger partial charge < -0.3 is 14.5 Å². The molecule has 1 aliphatic heterocycles. The van der Waals surface area contributed by atoms with E-state index < -0.39 is 0 Å². The van der Waals surface area contributed by atoms with Crippen molar-refractivity contribution in [1.82, 2.24) is 29.5 Å². The van der Waals surface area contributed by atoms with Crippen molar-refractivity contribution in [3.05, 3.63) is 59.1 Å². The zero-order valence-electron chi connectivity index (χ0n) is 18.4. The van der Waals surface area contributed by atoms with Gasteiger partial charge in [0.05, 0.1) is 13.5 Å². The van der Waals surface area contributed by atoms with E-state index in [9.17, 15) is 9.59 Å². The molecule has 0 spiro atoms. The summed E-state index contributed by atoms with van der Waals surface area (Å²) < 4.78 is 7.51. The van der Waals surface area contributed by atoms with Crippen LogP contribution in [-0.2, 0) is 22.6 Å². The van der Waals surface area contributed by atoms with Crippen LogP contribution in [0.2, 0.25) is 0 Å². The van der Waals surface area contributed by atoms with Gasteiger partial charge in [0.2, 0.25) is 11.8 Å². The van der Waals surface area contributed by atoms with Crippen LogP contribution in [-0.4, -0.2) is 74.7 Å². The number of H-pyrrole nitrogens is 1. The highest BCUT2D eigenvalue weighted by atomic mass is 32.1. The molecule has 33 heavy (non-hydrogen) atoms. The molecule has 1 aliphatic rings. The third-order valence-corrected chi connectivity index (χ3v) is 6.01. The molecular weight excluding hydrogens is 440 g/mol. The van der Waals surface area contributed by atoms with E-state index in [1.807, 2.05) is 47.0 Å². The normalized spacial score (nSPS) is 13.7. The third kappa shape index (κ3) is 5.46. The number of ether oxygens (including phenoxy) is 1. The van der Waals surface area contributed by atoms with E-state index >= 15 is 0 Å². The van der Waals surface area contributed by atoms with Crippen molar-refractivity contribution in [2.75, 3.05) is 33.3 Å². The van der Waals surface area contributed by atoms with Crippen LogP contribution >= 0.6 is 12.2 Å². The molecule has 3 aromatic rings. The Kier molecular flexibility index (Phi) is 7.13. The van der Waals surface area contributed by atoms with Gasteiger partial charge in [0, 0.05) is 56.6 Å². The van der Waals surface area contributed by atoms with Crippen LogP contribution in [0.25, 0.3) is 11.4 Å². The summed E-state index contributed by atoms with van der Waals surface area (Å²) in [5.74, 6) is 1.51. The van der Waals surface area contributed by atoms with E-state index in [1.54, 1.807) is 23.1 Å². The number of rotatable bonds is 7. The Hall–Kier alpha value is -3.53. The number of hydrogen-bond donors (Lipinski definition) is 1. The number of amides is 2. The molecule has 172 valence electrons. The molecule has 0 unspecified atom stereocenters. The summed E-state index contributed by atoms with van der Waals surface area (Å²) in [7, 11) is 1.62. The minimum absolute atomic E-state index is 0.0367. The van der Waals surface area contributed by atoms with Gasteiger partial charge in [0.15, 0.2) is 10.6 Å². The first-order chi connectivity index (χ1) is 16.0. The van der Waals surface area contributed by atoms with Crippen molar-refractivity contribution in [2.24, 2.45) is 0 Å². The molecule has 2 amide bonds. The van der Waals surface area contributed by atoms with Crippen LogP contribution in [0.3, 0.4) is 0 Å². The number of nitrogens with zero attached hydrogens (tertiary/aromatic N) is 5. The number of pyridine rings is 1. The fourth-order valence-electron chi connectivity index (χ4n) is 3.83. The summed E-state index contributed by atoms with van der Waals surface area (Å²) in [5, 5.41) is 7.14. The summed E-state index contributed by atoms with van der Waals surface area (Å²) in [6.07, 6.45) is 2.27. The molecule has 0 saturated carbocycles. The van der Waals surface area contributed by atoms with Gasteiger partial charge in [-0.05, 0) is 48.6 Å². The van der Waals surface area contributed by atoms with Crippen LogP contribution in [0.1, 0.15) is 12.1 Å². The monoisotopic (exact) mass is 466 g/mol. The largest absolute Gasteiger partial charge is 0.497 e. The number of hydrogen-bond acceptors (Lipinski definition) is 6. The van der Waals surface area contributed by atoms with Crippen molar-refractivity contribution >= 4 is 24.0 Å². The Balaban J connectivity index is 1.31. The van der Waals surface area contributed by atoms with Crippen LogP contribution < -0.4 is 4.74 Å². The Morgan fingerprint density at radius 3 is 2.36 bits per heavy atom. The molecule has 0 bridgehead atoms. The van der Waals surface area contributed by atoms with Gasteiger partial charge in [-0.3, -0.25) is 24.2 Å². The lowest BCUT2D eigenvalue weighted by Crippen LogP contribution is -2.51. The maximum atomic E-state index is 12.8. The van der Waals surface area contributed by atoms with Crippen molar-refractivity contribution in [2.45, 2.75) is 19.4 Å². The van der Waals surface area contributed by atoms with Gasteiger partial charge in [-0.25, -0.2) is 0 Å². The SMILES string of the molecule is COc1ccc(-c2n[nH]c(=S)n2CCC(=O)N2CCN(C(=O)Cc3ccccn3)CC2)cc1. The predicted molar refractivity (Wildman–Crippen MR) is 125 cm³/mol. The smallest absolute Gasteiger partial charge is 0.228 e. The van der Waals surface area contributed by atoms with Gasteiger partial charge in [-0.1, -0.05) is 6.07 Å². The maximum Gasteiger partial charge on any atom is 0.228 e. The minimum atomic E-state index is 0.0367. The van der Waals surface area contributed by atoms with Crippen LogP contribution in [0, 0.1) is 4.77 Å². The highest BCUT2D eigenvalue weighted by Crippen LogP contribution is 2.21. The number of carbonyl (C=O) groups excluding carboxylic acids is 2. The summed E-state index contributed by atoms with van der Waals surface area (Å²) in [6, 6.07) is 13.1. The average Bonchev–Trinajstić information content (AvgIpc) is 3.23. The molecule has 2 aromatic heterocycles. The first-order valence-corrected chi connectivity index (χ1v) is 11.2. The lowest BCUT2D eigenvalue weighted by molar-refractivity contribution is -0.139. The molecule has 3 heterocycles. The standard InChI is InChI=1S/C23H26N6O3S/c1-32-19-7-5-17(6-8-19)22-25-26-23(33)29(22)11-9-20(30)27-12-14-28(15-13-27)21(31)16-18-4-2-3-10-24-18/h2-8,10H,9,11-16H2,1H3,(H,26,33). The molecule has 1 fully saturated rings. The number of aromatic amines is 1. The van der Waals surface area contributed by atoms with Crippen LogP contribution in [0.5, 0.6) is 5.75 Å². The zero-order valence-corrected chi connectivity index (χ0v) is 19.3. The van der Waals surface area contributed by atoms with Crippen LogP contribution in [0.4, 0.5) is 0 Å². The van der Waals surface area contributed by atoms with E-state index in [1.165, 1.54) is 0 Å². The summed E-state index contributed by atoms with van der Waals surface area (Å²) in [6.45, 7) is 2.53. The second-order valence-electron chi connectivity index (χ2n) is 7.74. The number of benzene rings is 1. The van der Waals surface area contributed by atoms with Crippen molar-refractivity contribution < 1.29 is 14.3 Å². The van der Waals surface area contributed by atoms with E-state index in [0.29, 0.717) is 49.7 Å². The topological polar surface area (TPSA) is 96.4 Å². The number of carbonyl (C=O) groups is 2. The average molecular weight is 467 g/mol. The Labute approximate surface area is 197 Å². The summed E-state index contributed by atoms with van der Waals surface area (Å²) >= 11 is 5.37. The maximum absolute atomic E-state index is 12.8. The first-order valence-electron chi connectivity index (χ1n) is 10.8. The van der Waals surface area contributed by atoms with Gasteiger partial charge >= 0.3 is 0 Å². The molecule has 9 nitrogen and oxygen atoms in total. The van der Waals surface area contributed by atoms with E-state index in [4.69, 9.17) is 17.0 Å². The lowest BCUT2D eigenvalue weighted by Gasteiger charge is -2.35. The summed E-state index contributed by atoms with van der Waals surface area (Å²) in [5.41, 5.74) is 1.64. The van der Waals surface area contributed by atoms with Crippen molar-refractivity contribution in [1.29, 1.82) is 0 Å². The molecule has 10 heteroatoms. The molecular formula is C23H26N6O3S. The number of methoxy groups -OCH3 is 1. The molecule has 1 aromatic carbocycles. The van der Waals surface area contributed by atoms with E-state index in [2.05, 4.69) is 15.2 Å². The van der Waals surface area contributed by atoms with Crippen molar-refractivity contribution in [3.8, 4) is 17.1 Å². The highest BCUT2D eigenvalue weighted by molar-refractivity contribution is 7.71. The predicted octanol–water partition coefficient (Wildman–Crippen LogP) is 2.31. The van der Waals surface area contributed by atoms with E-state index in [0.717, 1.165) is 17.0 Å². The molecule has 0 aliphatic carbocycles. The molecule has 0 radical (unpaired) electrons. The molecule has 0 atom stereocenters. The van der Waals surface area contributed by atoms with Crippen LogP contribution in [0.15, 0.2) is 48.7 Å². The second-order valence-corrected chi connectivity index (χ2v) is 8.13. The third-order valence-electron chi connectivity index (χ3n) is 5.70. The molecule has 1 N–H and O–H groups in total. The van der Waals surface area contributed by atoms with Crippen molar-refractivity contribution in [3.63, 3.8) is 0 Å². The number of aromatic nitrogens is 4. The number of nitrogens with one attached hydrogen (secondary N) is 1. The van der Waals surface area contributed by atoms with Gasteiger partial charge in [-0.2, -0.15) is 5.10 Å². The number of piperazine rings is 1. The van der Waals surface area contributed by atoms with E-state index in [-0.39, 0.29) is 18.2 Å². The summed E-state index contributed by atoms with van der Waals surface area (Å²) in [4.78, 5) is 33.2. The Bertz CT molecular complexity index is 1150. The van der Waals surface area contributed by atoms with Gasteiger partial charge in [-0.15, -0.1) is 0 Å². The minimum Gasteiger partial charge on any atom is -0.497 e.